The van der Waals surface area contributed by atoms with E-state index in [4.69, 9.17) is 4.74 Å². The van der Waals surface area contributed by atoms with Crippen LogP contribution < -0.4 is 15.8 Å². The minimum Gasteiger partial charge on any atom is -0.369 e. The van der Waals surface area contributed by atoms with Crippen LogP contribution in [0.25, 0.3) is 11.6 Å². The van der Waals surface area contributed by atoms with Crippen molar-refractivity contribution in [1.29, 1.82) is 0 Å². The molecule has 5 heteroatoms. The number of carbonyl (C=O) groups excluding carboxylic acids is 2. The summed E-state index contributed by atoms with van der Waals surface area (Å²) >= 11 is 0. The van der Waals surface area contributed by atoms with Crippen molar-refractivity contribution in [2.24, 2.45) is 0 Å². The van der Waals surface area contributed by atoms with Crippen molar-refractivity contribution in [2.45, 2.75) is 45.1 Å². The number of ether oxygens (including phenoxy) is 1. The maximum Gasteiger partial charge on any atom is 0.255 e. The maximum absolute atomic E-state index is 13.9. The molecule has 0 radical (unpaired) electrons. The molecule has 2 aliphatic carbocycles. The van der Waals surface area contributed by atoms with Gasteiger partial charge in [-0.2, -0.15) is 0 Å². The molecule has 0 saturated carbocycles. The highest BCUT2D eigenvalue weighted by molar-refractivity contribution is 6.24. The van der Waals surface area contributed by atoms with Gasteiger partial charge in [0.2, 0.25) is 0 Å². The molecule has 0 aliphatic heterocycles. The lowest BCUT2D eigenvalue weighted by atomic mass is 9.83. The quantitative estimate of drug-likeness (QED) is 0.181. The molecule has 6 rings (SSSR count). The summed E-state index contributed by atoms with van der Waals surface area (Å²) in [5.41, 5.74) is 6.17. The lowest BCUT2D eigenvalue weighted by molar-refractivity contribution is 0.0893. The number of Topliss-reactive ketones (excluding diaryl/α,β-unsaturated/α-hetero) is 1. The highest BCUT2D eigenvalue weighted by Gasteiger charge is 2.25. The van der Waals surface area contributed by atoms with E-state index in [2.05, 4.69) is 66.8 Å². The standard InChI is InChI=1S/C39H40N2O3/c1-26-11-4-6-13-30(26)39(43)40-29-19-17-27(18-20-29)38(42)35-16-10-15-33-32(35)21-22-34-31-14-7-5-12-28(31)25-36(37(33)34)44-24-9-8-23-41(2)3/h4-7,11-14,17-22,25,36H,8-10,15-16,23-24H2,1-3H3,(H,40,43). The van der Waals surface area contributed by atoms with Crippen LogP contribution in [0.3, 0.4) is 0 Å². The van der Waals surface area contributed by atoms with E-state index in [1.165, 1.54) is 26.8 Å². The van der Waals surface area contributed by atoms with E-state index in [1.54, 1.807) is 0 Å². The third kappa shape index (κ3) is 6.17. The molecule has 0 heterocycles. The molecule has 5 nitrogen and oxygen atoms in total. The van der Waals surface area contributed by atoms with Crippen LogP contribution in [0, 0.1) is 17.4 Å². The first-order chi connectivity index (χ1) is 21.4. The number of ketones is 1. The number of anilines is 1. The Morgan fingerprint density at radius 3 is 2.39 bits per heavy atom. The van der Waals surface area contributed by atoms with Crippen molar-refractivity contribution < 1.29 is 14.3 Å². The smallest absolute Gasteiger partial charge is 0.255 e. The van der Waals surface area contributed by atoms with Crippen LogP contribution in [-0.4, -0.2) is 43.8 Å². The molecule has 1 unspecified atom stereocenters. The van der Waals surface area contributed by atoms with Crippen molar-refractivity contribution in [3.05, 3.63) is 134 Å². The number of benzene rings is 4. The molecule has 4 aromatic rings. The Balaban J connectivity index is 1.32. The number of fused-ring (bicyclic) bond motifs is 4. The fourth-order valence-corrected chi connectivity index (χ4v) is 6.50. The molecule has 0 bridgehead atoms. The van der Waals surface area contributed by atoms with Gasteiger partial charge in [0, 0.05) is 29.0 Å². The molecule has 224 valence electrons. The second-order valence-corrected chi connectivity index (χ2v) is 12.1. The Morgan fingerprint density at radius 2 is 1.59 bits per heavy atom. The maximum atomic E-state index is 13.9. The molecule has 0 fully saturated rings. The van der Waals surface area contributed by atoms with E-state index in [1.807, 2.05) is 55.5 Å². The Labute approximate surface area is 259 Å². The van der Waals surface area contributed by atoms with Crippen LogP contribution in [0.1, 0.15) is 69.2 Å². The zero-order valence-electron chi connectivity index (χ0n) is 25.9. The van der Waals surface area contributed by atoms with Crippen LogP contribution in [0.5, 0.6) is 0 Å². The van der Waals surface area contributed by atoms with E-state index < -0.39 is 0 Å². The lowest BCUT2D eigenvalue weighted by Gasteiger charge is -2.25. The third-order valence-electron chi connectivity index (χ3n) is 8.77. The number of hydrogen-bond donors (Lipinski definition) is 1. The largest absolute Gasteiger partial charge is 0.369 e. The minimum absolute atomic E-state index is 0.0454. The normalized spacial score (nSPS) is 15.2. The van der Waals surface area contributed by atoms with Gasteiger partial charge in [-0.3, -0.25) is 9.59 Å². The number of unbranched alkanes of at least 4 members (excludes halogenated alkanes) is 1. The van der Waals surface area contributed by atoms with Crippen LogP contribution >= 0.6 is 0 Å². The summed E-state index contributed by atoms with van der Waals surface area (Å²) in [4.78, 5) is 28.9. The van der Waals surface area contributed by atoms with Gasteiger partial charge in [0.05, 0.1) is 0 Å². The van der Waals surface area contributed by atoms with Crippen LogP contribution in [0.15, 0.2) is 84.9 Å². The Bertz CT molecular complexity index is 1930. The molecule has 0 saturated heterocycles. The average Bonchev–Trinajstić information content (AvgIpc) is 3.04. The number of nitrogens with zero attached hydrogens (tertiary/aromatic N) is 1. The monoisotopic (exact) mass is 584 g/mol. The zero-order chi connectivity index (χ0) is 30.6. The van der Waals surface area contributed by atoms with Gasteiger partial charge < -0.3 is 15.0 Å². The number of rotatable bonds is 10. The second kappa shape index (κ2) is 13.1. The average molecular weight is 585 g/mol. The SMILES string of the molecule is Cc1ccccc1C(=O)Nc1ccc(C(=O)C2=c3ccc4c(c3CCC2)C(OCCCCN(C)C)C=c2ccccc2=4)cc1. The Hall–Kier alpha value is -4.32. The molecular weight excluding hydrogens is 544 g/mol. The number of amides is 1. The van der Waals surface area contributed by atoms with Gasteiger partial charge in [0.25, 0.3) is 5.91 Å². The molecule has 0 spiro atoms. The van der Waals surface area contributed by atoms with Crippen LogP contribution in [-0.2, 0) is 11.2 Å². The van der Waals surface area contributed by atoms with Gasteiger partial charge in [0.1, 0.15) is 6.10 Å². The highest BCUT2D eigenvalue weighted by atomic mass is 16.5. The summed E-state index contributed by atoms with van der Waals surface area (Å²) in [6.07, 6.45) is 6.81. The lowest BCUT2D eigenvalue weighted by Crippen LogP contribution is -2.27. The molecular formula is C39H40N2O3. The first-order valence-electron chi connectivity index (χ1n) is 15.6. The van der Waals surface area contributed by atoms with Crippen molar-refractivity contribution in [2.75, 3.05) is 32.6 Å². The van der Waals surface area contributed by atoms with Crippen LogP contribution in [0.2, 0.25) is 0 Å². The summed E-state index contributed by atoms with van der Waals surface area (Å²) in [6.45, 7) is 3.67. The summed E-state index contributed by atoms with van der Waals surface area (Å²) in [7, 11) is 4.20. The fourth-order valence-electron chi connectivity index (χ4n) is 6.50. The predicted octanol–water partition coefficient (Wildman–Crippen LogP) is 6.10. The summed E-state index contributed by atoms with van der Waals surface area (Å²) in [5, 5.41) is 7.64. The van der Waals surface area contributed by atoms with Crippen molar-refractivity contribution in [1.82, 2.24) is 4.90 Å². The summed E-state index contributed by atoms with van der Waals surface area (Å²) < 4.78 is 6.58. The topological polar surface area (TPSA) is 58.6 Å². The van der Waals surface area contributed by atoms with Crippen molar-refractivity contribution in [3.63, 3.8) is 0 Å². The van der Waals surface area contributed by atoms with E-state index >= 15 is 0 Å². The van der Waals surface area contributed by atoms with E-state index in [0.29, 0.717) is 23.4 Å². The van der Waals surface area contributed by atoms with E-state index in [0.717, 1.165) is 55.0 Å². The van der Waals surface area contributed by atoms with E-state index in [9.17, 15) is 9.59 Å². The molecule has 1 amide bonds. The van der Waals surface area contributed by atoms with Crippen molar-refractivity contribution >= 4 is 29.0 Å². The summed E-state index contributed by atoms with van der Waals surface area (Å²) in [6, 6.07) is 27.6. The third-order valence-corrected chi connectivity index (χ3v) is 8.77. The zero-order valence-corrected chi connectivity index (χ0v) is 25.9. The van der Waals surface area contributed by atoms with E-state index in [-0.39, 0.29) is 17.8 Å². The summed E-state index contributed by atoms with van der Waals surface area (Å²) in [5.74, 6) is -0.112. The molecule has 1 N–H and O–H groups in total. The van der Waals surface area contributed by atoms with Crippen LogP contribution in [0.4, 0.5) is 5.69 Å². The fraction of sp³-hybridized carbons (Fsp3) is 0.282. The highest BCUT2D eigenvalue weighted by Crippen LogP contribution is 2.30. The van der Waals surface area contributed by atoms with Gasteiger partial charge >= 0.3 is 0 Å². The Kier molecular flexibility index (Phi) is 8.87. The van der Waals surface area contributed by atoms with Gasteiger partial charge in [-0.05, 0) is 134 Å². The molecule has 2 aliphatic rings. The molecule has 1 atom stereocenters. The van der Waals surface area contributed by atoms with Gasteiger partial charge in [-0.1, -0.05) is 54.6 Å². The number of hydrogen-bond acceptors (Lipinski definition) is 4. The van der Waals surface area contributed by atoms with Gasteiger partial charge in [-0.25, -0.2) is 0 Å². The number of nitrogens with one attached hydrogen (secondary N) is 1. The Morgan fingerprint density at radius 1 is 0.841 bits per heavy atom. The number of aryl methyl sites for hydroxylation is 1. The van der Waals surface area contributed by atoms with Gasteiger partial charge in [-0.15, -0.1) is 0 Å². The molecule has 4 aromatic carbocycles. The predicted molar refractivity (Wildman–Crippen MR) is 177 cm³/mol. The van der Waals surface area contributed by atoms with Gasteiger partial charge in [0.15, 0.2) is 5.78 Å². The first kappa shape index (κ1) is 29.7. The second-order valence-electron chi connectivity index (χ2n) is 12.1. The molecule has 0 aromatic heterocycles. The minimum atomic E-state index is -0.157. The molecule has 44 heavy (non-hydrogen) atoms. The number of carbonyl (C=O) groups is 2. The van der Waals surface area contributed by atoms with Crippen molar-refractivity contribution in [3.8, 4) is 0 Å². The first-order valence-corrected chi connectivity index (χ1v) is 15.6.